The van der Waals surface area contributed by atoms with Crippen molar-refractivity contribution in [2.45, 2.75) is 12.8 Å². The van der Waals surface area contributed by atoms with Gasteiger partial charge in [0.25, 0.3) is 0 Å². The van der Waals surface area contributed by atoms with Crippen molar-refractivity contribution in [1.29, 1.82) is 0 Å². The minimum absolute atomic E-state index is 0.0944. The molecule has 8 nitrogen and oxygen atoms in total. The van der Waals surface area contributed by atoms with Crippen molar-refractivity contribution in [2.24, 2.45) is 0 Å². The number of nitrogen functional groups attached to an aromatic ring is 2. The molecule has 2 aromatic heterocycles. The summed E-state index contributed by atoms with van der Waals surface area (Å²) in [6.45, 7) is 0. The van der Waals surface area contributed by atoms with Crippen LogP contribution in [0.1, 0.15) is 22.4 Å². The predicted molar refractivity (Wildman–Crippen MR) is 124 cm³/mol. The number of imidazole rings is 2. The van der Waals surface area contributed by atoms with E-state index in [1.54, 1.807) is 21.6 Å². The standard InChI is InChI=1S/C20H20N6O2S2/c21-19-23-13-5-1-3-7-15(13)25(19)17(27)9-11-29-30-12-10-18(28)26-16-8-4-2-6-14(16)24-20(26)22/h1-8H,9-12H2,(H2,21,23)(H2,22,24). The van der Waals surface area contributed by atoms with E-state index in [0.717, 1.165) is 0 Å². The number of aromatic nitrogens is 4. The van der Waals surface area contributed by atoms with Gasteiger partial charge in [0.05, 0.1) is 22.1 Å². The molecule has 30 heavy (non-hydrogen) atoms. The average Bonchev–Trinajstić information content (AvgIpc) is 3.25. The molecule has 0 atom stereocenters. The average molecular weight is 441 g/mol. The van der Waals surface area contributed by atoms with E-state index in [4.69, 9.17) is 11.5 Å². The zero-order valence-corrected chi connectivity index (χ0v) is 17.7. The summed E-state index contributed by atoms with van der Waals surface area (Å²) < 4.78 is 2.91. The zero-order chi connectivity index (χ0) is 21.1. The van der Waals surface area contributed by atoms with Crippen LogP contribution in [0.15, 0.2) is 48.5 Å². The summed E-state index contributed by atoms with van der Waals surface area (Å²) in [7, 11) is 3.10. The van der Waals surface area contributed by atoms with Gasteiger partial charge in [-0.3, -0.25) is 9.59 Å². The number of carbonyl (C=O) groups excluding carboxylic acids is 2. The highest BCUT2D eigenvalue weighted by molar-refractivity contribution is 8.76. The van der Waals surface area contributed by atoms with E-state index in [0.29, 0.717) is 46.4 Å². The van der Waals surface area contributed by atoms with E-state index >= 15 is 0 Å². The maximum absolute atomic E-state index is 12.5. The topological polar surface area (TPSA) is 122 Å². The van der Waals surface area contributed by atoms with Gasteiger partial charge in [-0.15, -0.1) is 0 Å². The van der Waals surface area contributed by atoms with Crippen molar-refractivity contribution in [2.75, 3.05) is 23.0 Å². The molecule has 0 radical (unpaired) electrons. The SMILES string of the molecule is Nc1nc2ccccc2n1C(=O)CCSSCCC(=O)n1c(N)nc2ccccc21. The number of fused-ring (bicyclic) bond motifs is 2. The molecule has 4 N–H and O–H groups in total. The molecule has 0 aliphatic heterocycles. The van der Waals surface area contributed by atoms with Gasteiger partial charge in [-0.1, -0.05) is 45.9 Å². The van der Waals surface area contributed by atoms with Gasteiger partial charge in [0, 0.05) is 24.3 Å². The number of rotatable bonds is 7. The molecule has 0 aliphatic carbocycles. The molecule has 2 heterocycles. The van der Waals surface area contributed by atoms with Crippen molar-refractivity contribution in [3.63, 3.8) is 0 Å². The number of hydrogen-bond acceptors (Lipinski definition) is 8. The Balaban J connectivity index is 1.25. The fourth-order valence-corrected chi connectivity index (χ4v) is 5.17. The second-order valence-electron chi connectivity index (χ2n) is 6.52. The fourth-order valence-electron chi connectivity index (χ4n) is 3.21. The van der Waals surface area contributed by atoms with Gasteiger partial charge in [-0.05, 0) is 24.3 Å². The van der Waals surface area contributed by atoms with Crippen molar-refractivity contribution in [1.82, 2.24) is 19.1 Å². The quantitative estimate of drug-likeness (QED) is 0.330. The maximum atomic E-state index is 12.5. The molecule has 0 fully saturated rings. The Labute approximate surface area is 180 Å². The molecule has 0 unspecified atom stereocenters. The van der Waals surface area contributed by atoms with Gasteiger partial charge in [-0.2, -0.15) is 0 Å². The van der Waals surface area contributed by atoms with Gasteiger partial charge < -0.3 is 11.5 Å². The highest BCUT2D eigenvalue weighted by atomic mass is 33.1. The van der Waals surface area contributed by atoms with Gasteiger partial charge in [0.1, 0.15) is 0 Å². The van der Waals surface area contributed by atoms with E-state index in [9.17, 15) is 9.59 Å². The van der Waals surface area contributed by atoms with E-state index in [2.05, 4.69) is 9.97 Å². The lowest BCUT2D eigenvalue weighted by Crippen LogP contribution is -2.14. The number of nitrogens with zero attached hydrogens (tertiary/aromatic N) is 4. The van der Waals surface area contributed by atoms with Crippen LogP contribution in [-0.4, -0.2) is 42.4 Å². The lowest BCUT2D eigenvalue weighted by molar-refractivity contribution is 0.0909. The molecular formula is C20H20N6O2S2. The number of anilines is 2. The molecule has 0 saturated heterocycles. The minimum Gasteiger partial charge on any atom is -0.369 e. The lowest BCUT2D eigenvalue weighted by atomic mass is 10.3. The number of benzene rings is 2. The molecule has 4 aromatic rings. The smallest absolute Gasteiger partial charge is 0.234 e. The first kappa shape index (κ1) is 20.3. The summed E-state index contributed by atoms with van der Waals surface area (Å²) in [5.74, 6) is 1.44. The number of nitrogens with two attached hydrogens (primary N) is 2. The number of carbonyl (C=O) groups is 2. The van der Waals surface area contributed by atoms with Gasteiger partial charge in [0.15, 0.2) is 0 Å². The largest absolute Gasteiger partial charge is 0.369 e. The molecule has 0 aliphatic rings. The molecule has 0 amide bonds. The predicted octanol–water partition coefficient (Wildman–Crippen LogP) is 3.69. The van der Waals surface area contributed by atoms with Gasteiger partial charge in [0.2, 0.25) is 23.7 Å². The Bertz CT molecular complexity index is 1140. The van der Waals surface area contributed by atoms with Crippen LogP contribution >= 0.6 is 21.6 Å². The Morgan fingerprint density at radius 2 is 1.13 bits per heavy atom. The highest BCUT2D eigenvalue weighted by Gasteiger charge is 2.16. The van der Waals surface area contributed by atoms with Gasteiger partial charge >= 0.3 is 0 Å². The Kier molecular flexibility index (Phi) is 5.96. The number of para-hydroxylation sites is 4. The van der Waals surface area contributed by atoms with Crippen LogP contribution < -0.4 is 11.5 Å². The molecule has 0 spiro atoms. The summed E-state index contributed by atoms with van der Waals surface area (Å²) in [6, 6.07) is 14.7. The minimum atomic E-state index is -0.0944. The van der Waals surface area contributed by atoms with Crippen LogP contribution in [-0.2, 0) is 0 Å². The number of hydrogen-bond donors (Lipinski definition) is 2. The van der Waals surface area contributed by atoms with Crippen LogP contribution in [0, 0.1) is 0 Å². The Morgan fingerprint density at radius 1 is 0.733 bits per heavy atom. The van der Waals surface area contributed by atoms with E-state index < -0.39 is 0 Å². The van der Waals surface area contributed by atoms with Crippen LogP contribution in [0.3, 0.4) is 0 Å². The van der Waals surface area contributed by atoms with Crippen molar-refractivity contribution in [3.8, 4) is 0 Å². The second kappa shape index (κ2) is 8.80. The molecule has 154 valence electrons. The van der Waals surface area contributed by atoms with Crippen molar-refractivity contribution >= 4 is 67.4 Å². The third-order valence-electron chi connectivity index (χ3n) is 4.55. The van der Waals surface area contributed by atoms with E-state index in [1.807, 2.05) is 48.5 Å². The Morgan fingerprint density at radius 3 is 1.57 bits per heavy atom. The summed E-state index contributed by atoms with van der Waals surface area (Å²) in [5.41, 5.74) is 14.6. The third-order valence-corrected chi connectivity index (χ3v) is 6.96. The molecule has 4 rings (SSSR count). The van der Waals surface area contributed by atoms with Crippen molar-refractivity contribution in [3.05, 3.63) is 48.5 Å². The van der Waals surface area contributed by atoms with E-state index in [-0.39, 0.29) is 23.7 Å². The molecule has 0 bridgehead atoms. The van der Waals surface area contributed by atoms with Crippen LogP contribution in [0.4, 0.5) is 11.9 Å². The highest BCUT2D eigenvalue weighted by Crippen LogP contribution is 2.25. The molecule has 0 saturated carbocycles. The van der Waals surface area contributed by atoms with Crippen LogP contribution in [0.2, 0.25) is 0 Å². The van der Waals surface area contributed by atoms with Gasteiger partial charge in [-0.25, -0.2) is 19.1 Å². The summed E-state index contributed by atoms with van der Waals surface area (Å²) >= 11 is 0. The van der Waals surface area contributed by atoms with Crippen LogP contribution in [0.25, 0.3) is 22.1 Å². The maximum Gasteiger partial charge on any atom is 0.234 e. The normalized spacial score (nSPS) is 11.3. The lowest BCUT2D eigenvalue weighted by Gasteiger charge is -2.06. The monoisotopic (exact) mass is 440 g/mol. The van der Waals surface area contributed by atoms with Crippen molar-refractivity contribution < 1.29 is 9.59 Å². The second-order valence-corrected chi connectivity index (χ2v) is 9.22. The molecule has 10 heteroatoms. The summed E-state index contributed by atoms with van der Waals surface area (Å²) in [4.78, 5) is 33.5. The zero-order valence-electron chi connectivity index (χ0n) is 16.0. The first-order chi connectivity index (χ1) is 14.6. The van der Waals surface area contributed by atoms with Crippen LogP contribution in [0.5, 0.6) is 0 Å². The molecular weight excluding hydrogens is 420 g/mol. The summed E-state index contributed by atoms with van der Waals surface area (Å²) in [6.07, 6.45) is 0.657. The Hall–Kier alpha value is -2.98. The van der Waals surface area contributed by atoms with E-state index in [1.165, 1.54) is 9.13 Å². The first-order valence-corrected chi connectivity index (χ1v) is 11.8. The fraction of sp³-hybridized carbons (Fsp3) is 0.200. The first-order valence-electron chi connectivity index (χ1n) is 9.33. The third kappa shape index (κ3) is 4.01. The summed E-state index contributed by atoms with van der Waals surface area (Å²) in [5, 5.41) is 0. The molecule has 2 aromatic carbocycles.